The Kier molecular flexibility index (Phi) is 26.6. The van der Waals surface area contributed by atoms with E-state index in [9.17, 15) is 24.0 Å². The molecular formula is C22H34O14. The number of aliphatic hydroxyl groups excluding tert-OH is 4. The molecule has 0 saturated heterocycles. The molecule has 1 aliphatic carbocycles. The van der Waals surface area contributed by atoms with Gasteiger partial charge in [-0.05, 0) is 12.8 Å². The van der Waals surface area contributed by atoms with Crippen LogP contribution in [0.15, 0.2) is 50.1 Å². The van der Waals surface area contributed by atoms with E-state index in [0.717, 1.165) is 18.2 Å². The van der Waals surface area contributed by atoms with Gasteiger partial charge in [0.05, 0.1) is 43.7 Å². The maximum Gasteiger partial charge on any atom is 0.327 e. The zero-order chi connectivity index (χ0) is 29.3. The molecule has 206 valence electrons. The van der Waals surface area contributed by atoms with Gasteiger partial charge >= 0.3 is 29.8 Å². The second kappa shape index (κ2) is 24.3. The molecule has 1 aliphatic rings. The molecular weight excluding hydrogens is 488 g/mol. The lowest BCUT2D eigenvalue weighted by Gasteiger charge is -2.23. The van der Waals surface area contributed by atoms with Gasteiger partial charge in [-0.2, -0.15) is 0 Å². The average Bonchev–Trinajstić information content (AvgIpc) is 2.87. The fourth-order valence-electron chi connectivity index (χ4n) is 1.66. The maximum atomic E-state index is 10.6. The number of hydrogen-bond donors (Lipinski definition) is 9. The van der Waals surface area contributed by atoms with Crippen LogP contribution >= 0.6 is 0 Å². The van der Waals surface area contributed by atoms with Crippen LogP contribution in [0.1, 0.15) is 12.8 Å². The molecule has 2 unspecified atom stereocenters. The number of rotatable bonds is 9. The summed E-state index contributed by atoms with van der Waals surface area (Å²) in [4.78, 5) is 48.9. The molecule has 0 fully saturated rings. The van der Waals surface area contributed by atoms with Crippen molar-refractivity contribution in [3.8, 4) is 0 Å². The first kappa shape index (κ1) is 39.4. The second-order valence-corrected chi connectivity index (χ2v) is 6.57. The predicted molar refractivity (Wildman–Crippen MR) is 125 cm³/mol. The van der Waals surface area contributed by atoms with Gasteiger partial charge in [0.1, 0.15) is 0 Å². The Labute approximate surface area is 207 Å². The van der Waals surface area contributed by atoms with E-state index >= 15 is 0 Å². The molecule has 1 rings (SSSR count). The van der Waals surface area contributed by atoms with Crippen LogP contribution in [0.5, 0.6) is 0 Å². The van der Waals surface area contributed by atoms with Crippen molar-refractivity contribution in [2.24, 2.45) is 17.3 Å². The molecule has 2 atom stereocenters. The minimum absolute atomic E-state index is 0.406. The molecule has 0 spiro atoms. The van der Waals surface area contributed by atoms with E-state index in [4.69, 9.17) is 46.0 Å². The summed E-state index contributed by atoms with van der Waals surface area (Å²) < 4.78 is 0. The van der Waals surface area contributed by atoms with Crippen molar-refractivity contribution < 1.29 is 69.9 Å². The largest absolute Gasteiger partial charge is 0.481 e. The SMILES string of the molecule is C=CC(=O)O.C=CC(=O)O.C=CC(=O)O.O=C(O)C1C=CCCC1C(=O)O.OCC(CO)(CO)CO. The van der Waals surface area contributed by atoms with E-state index in [0.29, 0.717) is 12.8 Å². The lowest BCUT2D eigenvalue weighted by atomic mass is 9.84. The third kappa shape index (κ3) is 23.3. The van der Waals surface area contributed by atoms with E-state index in [1.54, 1.807) is 6.08 Å². The fraction of sp³-hybridized carbons (Fsp3) is 0.409. The first-order valence-electron chi connectivity index (χ1n) is 9.80. The summed E-state index contributed by atoms with van der Waals surface area (Å²) in [5.74, 6) is -6.63. The number of carboxylic acids is 5. The predicted octanol–water partition coefficient (Wildman–Crippen LogP) is -0.549. The van der Waals surface area contributed by atoms with Crippen LogP contribution in [0.4, 0.5) is 0 Å². The fourth-order valence-corrected chi connectivity index (χ4v) is 1.66. The van der Waals surface area contributed by atoms with Gasteiger partial charge in [0.15, 0.2) is 0 Å². The van der Waals surface area contributed by atoms with E-state index in [1.165, 1.54) is 6.08 Å². The zero-order valence-corrected chi connectivity index (χ0v) is 19.5. The minimum Gasteiger partial charge on any atom is -0.481 e. The Balaban J connectivity index is -0.000000189. The molecule has 0 aliphatic heterocycles. The lowest BCUT2D eigenvalue weighted by Crippen LogP contribution is -2.37. The summed E-state index contributed by atoms with van der Waals surface area (Å²) in [7, 11) is 0. The topological polar surface area (TPSA) is 267 Å². The van der Waals surface area contributed by atoms with Gasteiger partial charge in [-0.3, -0.25) is 9.59 Å². The van der Waals surface area contributed by atoms with Gasteiger partial charge in [-0.1, -0.05) is 31.9 Å². The number of carbonyl (C=O) groups is 5. The Morgan fingerprint density at radius 2 is 1.00 bits per heavy atom. The summed E-state index contributed by atoms with van der Waals surface area (Å²) >= 11 is 0. The highest BCUT2D eigenvalue weighted by Gasteiger charge is 2.32. The highest BCUT2D eigenvalue weighted by molar-refractivity contribution is 5.82. The van der Waals surface area contributed by atoms with Crippen LogP contribution in [-0.2, 0) is 24.0 Å². The van der Waals surface area contributed by atoms with Gasteiger partial charge in [0.25, 0.3) is 0 Å². The van der Waals surface area contributed by atoms with Crippen LogP contribution in [-0.4, -0.2) is 102 Å². The summed E-state index contributed by atoms with van der Waals surface area (Å²) in [6.07, 6.45) is 6.76. The van der Waals surface area contributed by atoms with Crippen LogP contribution in [0.2, 0.25) is 0 Å². The molecule has 0 aromatic carbocycles. The van der Waals surface area contributed by atoms with Crippen molar-refractivity contribution in [3.05, 3.63) is 50.1 Å². The Morgan fingerprint density at radius 1 is 0.694 bits per heavy atom. The average molecular weight is 523 g/mol. The van der Waals surface area contributed by atoms with Gasteiger partial charge in [-0.15, -0.1) is 0 Å². The zero-order valence-electron chi connectivity index (χ0n) is 19.5. The van der Waals surface area contributed by atoms with Crippen molar-refractivity contribution in [3.63, 3.8) is 0 Å². The third-order valence-corrected chi connectivity index (χ3v) is 3.89. The normalized spacial score (nSPS) is 15.1. The quantitative estimate of drug-likeness (QED) is 0.136. The van der Waals surface area contributed by atoms with Crippen molar-refractivity contribution in [1.29, 1.82) is 0 Å². The summed E-state index contributed by atoms with van der Waals surface area (Å²) in [6, 6.07) is 0. The smallest absolute Gasteiger partial charge is 0.327 e. The number of aliphatic hydroxyl groups is 4. The highest BCUT2D eigenvalue weighted by Crippen LogP contribution is 2.24. The molecule has 14 nitrogen and oxygen atoms in total. The molecule has 0 aromatic rings. The first-order chi connectivity index (χ1) is 16.7. The molecule has 0 saturated carbocycles. The Hall–Kier alpha value is -3.85. The van der Waals surface area contributed by atoms with Gasteiger partial charge in [-0.25, -0.2) is 14.4 Å². The Morgan fingerprint density at radius 3 is 1.14 bits per heavy atom. The standard InChI is InChI=1S/C8H10O4.C5H12O4.3C3H4O2/c9-7(10)5-3-1-2-4-6(5)8(11)12;6-1-5(2-7,3-8)4-9;3*1-2-3(4)5/h1,3,5-6H,2,4H2,(H,9,10)(H,11,12);6-9H,1-4H2;3*2H,1H2,(H,4,5). The summed E-state index contributed by atoms with van der Waals surface area (Å²) in [5, 5.41) is 74.1. The van der Waals surface area contributed by atoms with E-state index < -0.39 is 73.5 Å². The highest BCUT2D eigenvalue weighted by atomic mass is 16.4. The van der Waals surface area contributed by atoms with Gasteiger partial charge in [0, 0.05) is 18.2 Å². The number of aliphatic carboxylic acids is 5. The van der Waals surface area contributed by atoms with E-state index in [2.05, 4.69) is 19.7 Å². The van der Waals surface area contributed by atoms with Gasteiger partial charge in [0.2, 0.25) is 0 Å². The summed E-state index contributed by atoms with van der Waals surface area (Å²) in [6.45, 7) is 7.26. The van der Waals surface area contributed by atoms with Crippen LogP contribution in [0.3, 0.4) is 0 Å². The minimum atomic E-state index is -1.11. The van der Waals surface area contributed by atoms with Crippen LogP contribution in [0.25, 0.3) is 0 Å². The van der Waals surface area contributed by atoms with E-state index in [1.807, 2.05) is 0 Å². The molecule has 0 aromatic heterocycles. The van der Waals surface area contributed by atoms with Crippen LogP contribution in [0, 0.1) is 17.3 Å². The number of carboxylic acid groups (broad SMARTS) is 5. The molecule has 36 heavy (non-hydrogen) atoms. The third-order valence-electron chi connectivity index (χ3n) is 3.89. The molecule has 9 N–H and O–H groups in total. The van der Waals surface area contributed by atoms with Crippen molar-refractivity contribution >= 4 is 29.8 Å². The molecule has 0 radical (unpaired) electrons. The first-order valence-corrected chi connectivity index (χ1v) is 9.80. The van der Waals surface area contributed by atoms with Crippen molar-refractivity contribution in [2.45, 2.75) is 12.8 Å². The van der Waals surface area contributed by atoms with E-state index in [-0.39, 0.29) is 0 Å². The van der Waals surface area contributed by atoms with Crippen molar-refractivity contribution in [2.75, 3.05) is 26.4 Å². The molecule has 0 heterocycles. The molecule has 14 heteroatoms. The maximum absolute atomic E-state index is 10.6. The monoisotopic (exact) mass is 522 g/mol. The number of allylic oxidation sites excluding steroid dienone is 1. The molecule has 0 amide bonds. The lowest BCUT2D eigenvalue weighted by molar-refractivity contribution is -0.152. The number of hydrogen-bond acceptors (Lipinski definition) is 9. The van der Waals surface area contributed by atoms with Crippen LogP contribution < -0.4 is 0 Å². The Bertz CT molecular complexity index is 677. The van der Waals surface area contributed by atoms with Gasteiger partial charge < -0.3 is 46.0 Å². The molecule has 0 bridgehead atoms. The summed E-state index contributed by atoms with van der Waals surface area (Å²) in [5.41, 5.74) is -1.11. The second-order valence-electron chi connectivity index (χ2n) is 6.57. The van der Waals surface area contributed by atoms with Crippen molar-refractivity contribution in [1.82, 2.24) is 0 Å².